The Morgan fingerprint density at radius 3 is 2.05 bits per heavy atom. The van der Waals surface area contributed by atoms with E-state index in [9.17, 15) is 15.0 Å². The summed E-state index contributed by atoms with van der Waals surface area (Å²) in [4.78, 5) is 14.7. The summed E-state index contributed by atoms with van der Waals surface area (Å²) in [5, 5.41) is 29.7. The first-order valence-electron chi connectivity index (χ1n) is 12.1. The van der Waals surface area contributed by atoms with Gasteiger partial charge >= 0.3 is 0 Å². The molecule has 0 aliphatic heterocycles. The molecule has 0 saturated carbocycles. The number of phenolic OH excluding ortho intramolecular Hbond substituents is 1. The van der Waals surface area contributed by atoms with E-state index in [0.29, 0.717) is 11.1 Å². The summed E-state index contributed by atoms with van der Waals surface area (Å²) in [5.74, 6) is 0.334. The molecule has 0 bridgehead atoms. The number of rotatable bonds is 4. The average molecular weight is 509 g/mol. The van der Waals surface area contributed by atoms with Gasteiger partial charge in [-0.15, -0.1) is 0 Å². The van der Waals surface area contributed by atoms with Crippen LogP contribution in [-0.4, -0.2) is 28.9 Å². The zero-order valence-corrected chi connectivity index (χ0v) is 21.8. The number of carbonyl (C=O) groups excluding carboxylic acids is 1. The Balaban J connectivity index is 0.00000107. The first-order valence-corrected chi connectivity index (χ1v) is 12.1. The van der Waals surface area contributed by atoms with Crippen molar-refractivity contribution in [2.75, 3.05) is 7.11 Å². The van der Waals surface area contributed by atoms with Crippen molar-refractivity contribution in [1.29, 1.82) is 0 Å². The largest absolute Gasteiger partial charge is 0.508 e. The van der Waals surface area contributed by atoms with E-state index < -0.39 is 0 Å². The fourth-order valence-corrected chi connectivity index (χ4v) is 4.97. The Kier molecular flexibility index (Phi) is 7.86. The highest BCUT2D eigenvalue weighted by atomic mass is 17.1. The number of aromatic hydroxyl groups is 1. The third kappa shape index (κ3) is 5.13. The lowest BCUT2D eigenvalue weighted by atomic mass is 9.88. The van der Waals surface area contributed by atoms with Gasteiger partial charge in [0.05, 0.1) is 17.9 Å². The number of aryl methyl sites for hydroxylation is 3. The van der Waals surface area contributed by atoms with Gasteiger partial charge < -0.3 is 10.2 Å². The quantitative estimate of drug-likeness (QED) is 0.0473. The summed E-state index contributed by atoms with van der Waals surface area (Å²) in [6.45, 7) is 4.09. The first-order chi connectivity index (χ1) is 18.3. The summed E-state index contributed by atoms with van der Waals surface area (Å²) < 4.78 is 2.15. The molecular weight excluding hydrogens is 478 g/mol. The average Bonchev–Trinajstić information content (AvgIpc) is 2.91. The molecule has 6 nitrogen and oxygen atoms in total. The highest BCUT2D eigenvalue weighted by Crippen LogP contribution is 2.38. The van der Waals surface area contributed by atoms with Crippen LogP contribution in [0.1, 0.15) is 32.6 Å². The number of hydrogen-bond donors (Lipinski definition) is 3. The van der Waals surface area contributed by atoms with Crippen molar-refractivity contribution in [3.05, 3.63) is 107 Å². The van der Waals surface area contributed by atoms with Crippen LogP contribution >= 0.6 is 0 Å². The van der Waals surface area contributed by atoms with Gasteiger partial charge in [0.2, 0.25) is 11.0 Å². The standard InChI is InChI=1S/C31H25NO3.CH4O2/c1-19-14-22(18-33)15-20(2)30(19)31-25-6-4-5-7-27(25)32(3)28-17-23(10-13-26(28)31)29(35)16-21-8-11-24(34)12-9-21;1-3-2/h4-18H,1-3H3,(H,33,35);2H,1H3/p+1. The zero-order valence-electron chi connectivity index (χ0n) is 21.8. The Morgan fingerprint density at radius 2 is 1.42 bits per heavy atom. The molecule has 192 valence electrons. The van der Waals surface area contributed by atoms with Crippen LogP contribution in [0.25, 0.3) is 44.8 Å². The van der Waals surface area contributed by atoms with Gasteiger partial charge in [0.1, 0.15) is 24.8 Å². The fourth-order valence-electron chi connectivity index (χ4n) is 4.97. The number of aldehydes is 1. The molecule has 0 aliphatic carbocycles. The van der Waals surface area contributed by atoms with E-state index >= 15 is 0 Å². The predicted octanol–water partition coefficient (Wildman–Crippen LogP) is 6.78. The van der Waals surface area contributed by atoms with Crippen LogP contribution in [0.4, 0.5) is 0 Å². The van der Waals surface area contributed by atoms with Crippen LogP contribution in [0.2, 0.25) is 0 Å². The van der Waals surface area contributed by atoms with E-state index in [-0.39, 0.29) is 11.5 Å². The van der Waals surface area contributed by atoms with Crippen molar-refractivity contribution in [2.24, 2.45) is 7.05 Å². The smallest absolute Gasteiger partial charge is 0.214 e. The lowest BCUT2D eigenvalue weighted by Gasteiger charge is -2.16. The fraction of sp³-hybridized carbons (Fsp3) is 0.125. The first kappa shape index (κ1) is 26.5. The van der Waals surface area contributed by atoms with E-state index in [1.54, 1.807) is 30.3 Å². The van der Waals surface area contributed by atoms with Gasteiger partial charge in [-0.05, 0) is 78.6 Å². The molecule has 4 aromatic carbocycles. The van der Waals surface area contributed by atoms with Gasteiger partial charge in [0.25, 0.3) is 0 Å². The monoisotopic (exact) mass is 508 g/mol. The Labute approximate surface area is 221 Å². The molecule has 5 aromatic rings. The number of nitrogens with zero attached hydrogens (tertiary/aromatic N) is 1. The molecule has 5 rings (SSSR count). The third-order valence-corrected chi connectivity index (χ3v) is 6.60. The van der Waals surface area contributed by atoms with E-state index in [2.05, 4.69) is 27.7 Å². The second kappa shape index (κ2) is 11.3. The molecule has 1 aromatic heterocycles. The van der Waals surface area contributed by atoms with Crippen molar-refractivity contribution in [1.82, 2.24) is 0 Å². The number of aliphatic hydroxyl groups excluding tert-OH is 1. The number of pyridine rings is 1. The molecule has 38 heavy (non-hydrogen) atoms. The van der Waals surface area contributed by atoms with Crippen LogP contribution in [0.5, 0.6) is 5.75 Å². The van der Waals surface area contributed by atoms with Crippen molar-refractivity contribution in [2.45, 2.75) is 13.8 Å². The highest BCUT2D eigenvalue weighted by Gasteiger charge is 2.22. The summed E-state index contributed by atoms with van der Waals surface area (Å²) in [7, 11) is 3.22. The third-order valence-electron chi connectivity index (χ3n) is 6.60. The van der Waals surface area contributed by atoms with Crippen molar-refractivity contribution < 1.29 is 29.7 Å². The van der Waals surface area contributed by atoms with Crippen LogP contribution in [0.3, 0.4) is 0 Å². The van der Waals surface area contributed by atoms with Crippen LogP contribution in [-0.2, 0) is 11.9 Å². The van der Waals surface area contributed by atoms with Gasteiger partial charge in [-0.25, -0.2) is 4.89 Å². The second-order valence-electron chi connectivity index (χ2n) is 9.13. The normalized spacial score (nSPS) is 11.3. The predicted molar refractivity (Wildman–Crippen MR) is 151 cm³/mol. The SMILES string of the molecule is COO.Cc1cc(C=O)cc(C)c1-c1c2ccccc2[n+](C)c2cc(C(O)=Cc3ccc(O)cc3)ccc12. The highest BCUT2D eigenvalue weighted by molar-refractivity contribution is 6.09. The van der Waals surface area contributed by atoms with Crippen LogP contribution in [0, 0.1) is 13.8 Å². The van der Waals surface area contributed by atoms with Crippen molar-refractivity contribution >= 4 is 39.9 Å². The number of aromatic nitrogens is 1. The molecule has 3 N–H and O–H groups in total. The number of para-hydroxylation sites is 1. The van der Waals surface area contributed by atoms with Gasteiger partial charge in [-0.2, -0.15) is 4.57 Å². The number of hydrogen-bond acceptors (Lipinski definition) is 5. The molecule has 0 radical (unpaired) electrons. The Morgan fingerprint density at radius 1 is 0.816 bits per heavy atom. The molecular formula is C32H30NO5+. The van der Waals surface area contributed by atoms with E-state index in [1.165, 1.54) is 7.11 Å². The van der Waals surface area contributed by atoms with E-state index in [1.807, 2.05) is 57.3 Å². The summed E-state index contributed by atoms with van der Waals surface area (Å²) >= 11 is 0. The molecule has 0 fully saturated rings. The molecule has 0 atom stereocenters. The van der Waals surface area contributed by atoms with E-state index in [4.69, 9.17) is 5.26 Å². The molecule has 1 heterocycles. The zero-order chi connectivity index (χ0) is 27.4. The maximum Gasteiger partial charge on any atom is 0.214 e. The maximum absolute atomic E-state index is 11.4. The lowest BCUT2D eigenvalue weighted by Crippen LogP contribution is -2.30. The minimum absolute atomic E-state index is 0.148. The number of phenols is 1. The number of fused-ring (bicyclic) bond motifs is 2. The van der Waals surface area contributed by atoms with Gasteiger partial charge in [0, 0.05) is 28.8 Å². The minimum Gasteiger partial charge on any atom is -0.508 e. The molecule has 0 saturated heterocycles. The topological polar surface area (TPSA) is 90.9 Å². The second-order valence-corrected chi connectivity index (χ2v) is 9.13. The number of carbonyl (C=O) groups is 1. The van der Waals surface area contributed by atoms with Gasteiger partial charge in [0.15, 0.2) is 0 Å². The summed E-state index contributed by atoms with van der Waals surface area (Å²) in [6, 6.07) is 24.9. The number of benzene rings is 4. The van der Waals surface area contributed by atoms with Gasteiger partial charge in [-0.3, -0.25) is 10.1 Å². The lowest BCUT2D eigenvalue weighted by molar-refractivity contribution is -0.617. The molecule has 0 amide bonds. The van der Waals surface area contributed by atoms with Gasteiger partial charge in [-0.1, -0.05) is 30.3 Å². The van der Waals surface area contributed by atoms with E-state index in [0.717, 1.165) is 55.9 Å². The Bertz CT molecular complexity index is 1650. The van der Waals surface area contributed by atoms with Crippen LogP contribution < -0.4 is 4.57 Å². The Hall–Kier alpha value is -4.52. The van der Waals surface area contributed by atoms with Crippen LogP contribution in [0.15, 0.2) is 78.9 Å². The maximum atomic E-state index is 11.4. The molecule has 0 unspecified atom stereocenters. The summed E-state index contributed by atoms with van der Waals surface area (Å²) in [6.07, 6.45) is 2.58. The molecule has 0 spiro atoms. The van der Waals surface area contributed by atoms with Crippen molar-refractivity contribution in [3.8, 4) is 16.9 Å². The molecule has 0 aliphatic rings. The minimum atomic E-state index is 0.148. The molecule has 6 heteroatoms. The number of aliphatic hydroxyl groups is 1. The van der Waals surface area contributed by atoms with Crippen molar-refractivity contribution in [3.63, 3.8) is 0 Å². The summed E-state index contributed by atoms with van der Waals surface area (Å²) in [5.41, 5.74) is 8.57.